The summed E-state index contributed by atoms with van der Waals surface area (Å²) >= 11 is 0. The predicted octanol–water partition coefficient (Wildman–Crippen LogP) is 2.87. The van der Waals surface area contributed by atoms with E-state index in [9.17, 15) is 9.90 Å². The van der Waals surface area contributed by atoms with Crippen LogP contribution in [0, 0.1) is 5.41 Å². The summed E-state index contributed by atoms with van der Waals surface area (Å²) in [6.07, 6.45) is 7.23. The smallest absolute Gasteiger partial charge is 0.323 e. The third kappa shape index (κ3) is 4.68. The molecule has 2 fully saturated rings. The number of carbonyl (C=O) groups is 1. The maximum Gasteiger partial charge on any atom is 0.323 e. The highest BCUT2D eigenvalue weighted by molar-refractivity contribution is 5.78. The van der Waals surface area contributed by atoms with Crippen molar-refractivity contribution in [2.75, 3.05) is 19.6 Å². The number of nitrogens with one attached hydrogen (secondary N) is 1. The summed E-state index contributed by atoms with van der Waals surface area (Å²) in [5, 5.41) is 13.0. The van der Waals surface area contributed by atoms with Crippen LogP contribution in [-0.4, -0.2) is 47.2 Å². The first kappa shape index (κ1) is 16.8. The lowest BCUT2D eigenvalue weighted by Crippen LogP contribution is -2.53. The number of hydrogen-bond donors (Lipinski definition) is 2. The molecule has 1 aliphatic heterocycles. The molecule has 0 bridgehead atoms. The molecule has 0 aromatic carbocycles. The number of likely N-dealkylation sites (tertiary alicyclic amines) is 1. The van der Waals surface area contributed by atoms with Crippen LogP contribution in [-0.2, 0) is 4.79 Å². The third-order valence-electron chi connectivity index (χ3n) is 5.13. The topological polar surface area (TPSA) is 52.6 Å². The molecule has 0 amide bonds. The quantitative estimate of drug-likeness (QED) is 0.723. The van der Waals surface area contributed by atoms with E-state index in [1.54, 1.807) is 0 Å². The van der Waals surface area contributed by atoms with Gasteiger partial charge in [-0.2, -0.15) is 0 Å². The van der Waals surface area contributed by atoms with Crippen molar-refractivity contribution in [3.8, 4) is 0 Å². The summed E-state index contributed by atoms with van der Waals surface area (Å²) in [5.41, 5.74) is -0.286. The molecule has 4 nitrogen and oxygen atoms in total. The molecule has 0 aromatic heterocycles. The van der Waals surface area contributed by atoms with E-state index < -0.39 is 11.5 Å². The molecule has 1 saturated heterocycles. The SMILES string of the molecule is CCC(CCCN1CCCC(C)(C)C1)(NC1CC1)C(=O)O. The lowest BCUT2D eigenvalue weighted by molar-refractivity contribution is -0.145. The van der Waals surface area contributed by atoms with Gasteiger partial charge in [-0.1, -0.05) is 20.8 Å². The fourth-order valence-corrected chi connectivity index (χ4v) is 3.63. The van der Waals surface area contributed by atoms with Crippen LogP contribution in [0.15, 0.2) is 0 Å². The van der Waals surface area contributed by atoms with E-state index >= 15 is 0 Å². The van der Waals surface area contributed by atoms with Gasteiger partial charge in [-0.15, -0.1) is 0 Å². The number of rotatable bonds is 8. The molecular formula is C17H32N2O2. The van der Waals surface area contributed by atoms with Gasteiger partial charge in [-0.3, -0.25) is 10.1 Å². The van der Waals surface area contributed by atoms with Gasteiger partial charge in [0.05, 0.1) is 0 Å². The lowest BCUT2D eigenvalue weighted by Gasteiger charge is -2.38. The number of hydrogen-bond acceptors (Lipinski definition) is 3. The molecule has 21 heavy (non-hydrogen) atoms. The standard InChI is InChI=1S/C17H32N2O2/c1-4-17(15(20)21,18-14-7-8-14)10-6-12-19-11-5-9-16(2,3)13-19/h14,18H,4-13H2,1-3H3,(H,20,21). The van der Waals surface area contributed by atoms with Crippen LogP contribution in [0.25, 0.3) is 0 Å². The Labute approximate surface area is 129 Å². The minimum absolute atomic E-state index is 0.416. The maximum atomic E-state index is 11.7. The Balaban J connectivity index is 1.82. The van der Waals surface area contributed by atoms with Crippen LogP contribution in [0.1, 0.15) is 65.7 Å². The normalized spacial score (nSPS) is 25.5. The highest BCUT2D eigenvalue weighted by Crippen LogP contribution is 2.30. The molecule has 2 aliphatic rings. The van der Waals surface area contributed by atoms with E-state index in [4.69, 9.17) is 0 Å². The van der Waals surface area contributed by atoms with Crippen molar-refractivity contribution in [1.29, 1.82) is 0 Å². The Morgan fingerprint density at radius 2 is 2.14 bits per heavy atom. The van der Waals surface area contributed by atoms with E-state index in [0.29, 0.717) is 17.9 Å². The summed E-state index contributed by atoms with van der Waals surface area (Å²) in [5.74, 6) is -0.670. The zero-order chi connectivity index (χ0) is 15.5. The Morgan fingerprint density at radius 3 is 2.67 bits per heavy atom. The highest BCUT2D eigenvalue weighted by Gasteiger charge is 2.40. The lowest BCUT2D eigenvalue weighted by atomic mass is 9.84. The summed E-state index contributed by atoms with van der Waals surface area (Å²) < 4.78 is 0. The van der Waals surface area contributed by atoms with E-state index in [1.165, 1.54) is 19.4 Å². The predicted molar refractivity (Wildman–Crippen MR) is 85.5 cm³/mol. The molecule has 122 valence electrons. The Hall–Kier alpha value is -0.610. The molecule has 1 aliphatic carbocycles. The molecule has 2 rings (SSSR count). The van der Waals surface area contributed by atoms with Gasteiger partial charge in [0, 0.05) is 12.6 Å². The zero-order valence-corrected chi connectivity index (χ0v) is 14.0. The van der Waals surface area contributed by atoms with Gasteiger partial charge in [0.1, 0.15) is 5.54 Å². The Bertz CT molecular complexity index is 366. The van der Waals surface area contributed by atoms with Crippen LogP contribution in [0.5, 0.6) is 0 Å². The molecule has 0 spiro atoms. The second-order valence-corrected chi connectivity index (χ2v) is 7.81. The number of aliphatic carboxylic acids is 1. The van der Waals surface area contributed by atoms with Crippen molar-refractivity contribution in [2.45, 2.75) is 77.3 Å². The molecule has 1 unspecified atom stereocenters. The van der Waals surface area contributed by atoms with Crippen molar-refractivity contribution >= 4 is 5.97 Å². The first-order valence-corrected chi connectivity index (χ1v) is 8.60. The van der Waals surface area contributed by atoms with Gasteiger partial charge < -0.3 is 10.0 Å². The minimum Gasteiger partial charge on any atom is -0.480 e. The van der Waals surface area contributed by atoms with Gasteiger partial charge in [-0.05, 0) is 63.5 Å². The first-order chi connectivity index (χ1) is 9.87. The van der Waals surface area contributed by atoms with Crippen LogP contribution < -0.4 is 5.32 Å². The number of carboxylic acids is 1. The Kier molecular flexibility index (Phi) is 5.31. The fraction of sp³-hybridized carbons (Fsp3) is 0.941. The van der Waals surface area contributed by atoms with Crippen LogP contribution in [0.3, 0.4) is 0 Å². The van der Waals surface area contributed by atoms with Crippen LogP contribution >= 0.6 is 0 Å². The van der Waals surface area contributed by atoms with Gasteiger partial charge in [0.15, 0.2) is 0 Å². The zero-order valence-electron chi connectivity index (χ0n) is 14.0. The summed E-state index contributed by atoms with van der Waals surface area (Å²) in [6.45, 7) is 10.0. The van der Waals surface area contributed by atoms with Crippen molar-refractivity contribution in [2.24, 2.45) is 5.41 Å². The van der Waals surface area contributed by atoms with Crippen molar-refractivity contribution in [3.63, 3.8) is 0 Å². The van der Waals surface area contributed by atoms with Gasteiger partial charge in [0.2, 0.25) is 0 Å². The van der Waals surface area contributed by atoms with Crippen LogP contribution in [0.4, 0.5) is 0 Å². The van der Waals surface area contributed by atoms with Crippen molar-refractivity contribution in [1.82, 2.24) is 10.2 Å². The molecule has 2 N–H and O–H groups in total. The van der Waals surface area contributed by atoms with E-state index in [1.807, 2.05) is 6.92 Å². The molecule has 0 radical (unpaired) electrons. The van der Waals surface area contributed by atoms with Crippen molar-refractivity contribution < 1.29 is 9.90 Å². The second-order valence-electron chi connectivity index (χ2n) is 7.81. The molecule has 1 heterocycles. The molecule has 1 saturated carbocycles. The fourth-order valence-electron chi connectivity index (χ4n) is 3.63. The average Bonchev–Trinajstić information content (AvgIpc) is 3.20. The van der Waals surface area contributed by atoms with Crippen LogP contribution in [0.2, 0.25) is 0 Å². The minimum atomic E-state index is -0.702. The molecular weight excluding hydrogens is 264 g/mol. The average molecular weight is 296 g/mol. The summed E-state index contributed by atoms with van der Waals surface area (Å²) in [6, 6.07) is 0.440. The van der Waals surface area contributed by atoms with Gasteiger partial charge >= 0.3 is 5.97 Å². The maximum absolute atomic E-state index is 11.7. The summed E-state index contributed by atoms with van der Waals surface area (Å²) in [4.78, 5) is 14.2. The first-order valence-electron chi connectivity index (χ1n) is 8.60. The third-order valence-corrected chi connectivity index (χ3v) is 5.13. The number of piperidine rings is 1. The molecule has 4 heteroatoms. The molecule has 0 aromatic rings. The van der Waals surface area contributed by atoms with E-state index in [-0.39, 0.29) is 0 Å². The van der Waals surface area contributed by atoms with E-state index in [0.717, 1.165) is 38.8 Å². The number of carboxylic acid groups (broad SMARTS) is 1. The van der Waals surface area contributed by atoms with Gasteiger partial charge in [-0.25, -0.2) is 0 Å². The summed E-state index contributed by atoms with van der Waals surface area (Å²) in [7, 11) is 0. The molecule has 1 atom stereocenters. The highest BCUT2D eigenvalue weighted by atomic mass is 16.4. The number of nitrogens with zero attached hydrogens (tertiary/aromatic N) is 1. The largest absolute Gasteiger partial charge is 0.480 e. The van der Waals surface area contributed by atoms with Crippen molar-refractivity contribution in [3.05, 3.63) is 0 Å². The second kappa shape index (κ2) is 6.66. The monoisotopic (exact) mass is 296 g/mol. The van der Waals surface area contributed by atoms with Gasteiger partial charge in [0.25, 0.3) is 0 Å². The Morgan fingerprint density at radius 1 is 1.43 bits per heavy atom. The van der Waals surface area contributed by atoms with E-state index in [2.05, 4.69) is 24.1 Å².